The Kier molecular flexibility index (Phi) is 2.02. The largest absolute Gasteiger partial charge is 0.478 e. The number of hydrogen-bond donors (Lipinski definition) is 1. The van der Waals surface area contributed by atoms with Crippen molar-refractivity contribution >= 4 is 5.97 Å². The molecule has 1 aliphatic heterocycles. The molecule has 0 aliphatic carbocycles. The zero-order valence-corrected chi connectivity index (χ0v) is 6.90. The van der Waals surface area contributed by atoms with E-state index in [0.717, 1.165) is 19.1 Å². The van der Waals surface area contributed by atoms with E-state index in [-0.39, 0.29) is 11.7 Å². The van der Waals surface area contributed by atoms with Gasteiger partial charge in [0.1, 0.15) is 23.6 Å². The highest BCUT2D eigenvalue weighted by Crippen LogP contribution is 2.29. The summed E-state index contributed by atoms with van der Waals surface area (Å²) in [4.78, 5) is 10.7. The molecule has 0 aromatic carbocycles. The Bertz CT molecular complexity index is 314. The summed E-state index contributed by atoms with van der Waals surface area (Å²) in [5, 5.41) is 12.4. The van der Waals surface area contributed by atoms with Gasteiger partial charge < -0.3 is 14.4 Å². The van der Waals surface area contributed by atoms with Gasteiger partial charge in [-0.1, -0.05) is 5.16 Å². The lowest BCUT2D eigenvalue weighted by molar-refractivity contribution is 0.0681. The third-order valence-electron chi connectivity index (χ3n) is 2.06. The number of aromatic nitrogens is 1. The summed E-state index contributed by atoms with van der Waals surface area (Å²) in [6, 6.07) is 0. The van der Waals surface area contributed by atoms with Gasteiger partial charge >= 0.3 is 5.97 Å². The first-order chi connectivity index (χ1) is 6.29. The maximum absolute atomic E-state index is 10.7. The third-order valence-corrected chi connectivity index (χ3v) is 2.06. The summed E-state index contributed by atoms with van der Waals surface area (Å²) in [6.07, 6.45) is 2.69. The van der Waals surface area contributed by atoms with Gasteiger partial charge in [-0.3, -0.25) is 0 Å². The summed E-state index contributed by atoms with van der Waals surface area (Å²) in [5.41, 5.74) is 0.511. The average molecular weight is 183 g/mol. The van der Waals surface area contributed by atoms with Crippen LogP contribution < -0.4 is 0 Å². The first kappa shape index (κ1) is 8.25. The first-order valence-corrected chi connectivity index (χ1v) is 4.08. The Balaban J connectivity index is 2.28. The van der Waals surface area contributed by atoms with Gasteiger partial charge in [0, 0.05) is 6.61 Å². The molecule has 0 saturated carbocycles. The maximum atomic E-state index is 10.7. The monoisotopic (exact) mass is 183 g/mol. The van der Waals surface area contributed by atoms with Crippen LogP contribution in [0.4, 0.5) is 0 Å². The van der Waals surface area contributed by atoms with Crippen LogP contribution in [0.25, 0.3) is 0 Å². The summed E-state index contributed by atoms with van der Waals surface area (Å²) in [6.45, 7) is 0.663. The van der Waals surface area contributed by atoms with Crippen molar-refractivity contribution in [2.24, 2.45) is 0 Å². The Morgan fingerprint density at radius 3 is 3.15 bits per heavy atom. The molecule has 5 heteroatoms. The van der Waals surface area contributed by atoms with Gasteiger partial charge in [-0.25, -0.2) is 4.79 Å². The van der Waals surface area contributed by atoms with Crippen molar-refractivity contribution in [3.05, 3.63) is 17.5 Å². The molecule has 0 spiro atoms. The minimum atomic E-state index is -1.02. The first-order valence-electron chi connectivity index (χ1n) is 4.08. The lowest BCUT2D eigenvalue weighted by atomic mass is 10.1. The van der Waals surface area contributed by atoms with Gasteiger partial charge in [0.25, 0.3) is 0 Å². The number of hydrogen-bond acceptors (Lipinski definition) is 4. The van der Waals surface area contributed by atoms with E-state index in [1.165, 1.54) is 0 Å². The van der Waals surface area contributed by atoms with E-state index in [1.807, 2.05) is 0 Å². The number of rotatable bonds is 2. The van der Waals surface area contributed by atoms with Crippen LogP contribution in [0.15, 0.2) is 10.8 Å². The fraction of sp³-hybridized carbons (Fsp3) is 0.500. The Hall–Kier alpha value is -1.36. The van der Waals surface area contributed by atoms with Crippen LogP contribution in [0.1, 0.15) is 35.0 Å². The van der Waals surface area contributed by atoms with Crippen molar-refractivity contribution in [3.8, 4) is 0 Å². The Morgan fingerprint density at radius 1 is 1.69 bits per heavy atom. The number of carboxylic acid groups (broad SMARTS) is 1. The molecule has 1 unspecified atom stereocenters. The van der Waals surface area contributed by atoms with Gasteiger partial charge in [0.2, 0.25) is 0 Å². The molecule has 1 aromatic heterocycles. The highest BCUT2D eigenvalue weighted by atomic mass is 16.5. The molecule has 70 valence electrons. The molecule has 0 bridgehead atoms. The zero-order chi connectivity index (χ0) is 9.26. The number of carboxylic acids is 1. The van der Waals surface area contributed by atoms with Gasteiger partial charge in [0.15, 0.2) is 0 Å². The van der Waals surface area contributed by atoms with Crippen molar-refractivity contribution in [2.45, 2.75) is 18.9 Å². The van der Waals surface area contributed by atoms with Crippen molar-refractivity contribution in [1.29, 1.82) is 0 Å². The van der Waals surface area contributed by atoms with E-state index in [1.54, 1.807) is 0 Å². The van der Waals surface area contributed by atoms with E-state index in [0.29, 0.717) is 12.3 Å². The second kappa shape index (κ2) is 3.18. The quantitative estimate of drug-likeness (QED) is 0.746. The highest BCUT2D eigenvalue weighted by Gasteiger charge is 2.26. The standard InChI is InChI=1S/C8H9NO4/c10-8(11)5-4-13-9-7(5)6-2-1-3-12-6/h4,6H,1-3H2,(H,10,11). The molecule has 5 nitrogen and oxygen atoms in total. The molecule has 1 aliphatic rings. The van der Waals surface area contributed by atoms with E-state index in [2.05, 4.69) is 9.68 Å². The third kappa shape index (κ3) is 1.42. The molecule has 2 heterocycles. The molecule has 1 atom stereocenters. The van der Waals surface area contributed by atoms with Gasteiger partial charge in [0.05, 0.1) is 0 Å². The molecule has 2 rings (SSSR count). The molecule has 13 heavy (non-hydrogen) atoms. The topological polar surface area (TPSA) is 72.6 Å². The summed E-state index contributed by atoms with van der Waals surface area (Å²) < 4.78 is 9.91. The molecule has 0 amide bonds. The van der Waals surface area contributed by atoms with Crippen LogP contribution in [-0.4, -0.2) is 22.8 Å². The highest BCUT2D eigenvalue weighted by molar-refractivity contribution is 5.88. The van der Waals surface area contributed by atoms with Gasteiger partial charge in [-0.05, 0) is 12.8 Å². The average Bonchev–Trinajstić information content (AvgIpc) is 2.74. The Morgan fingerprint density at radius 2 is 2.54 bits per heavy atom. The zero-order valence-electron chi connectivity index (χ0n) is 6.90. The lowest BCUT2D eigenvalue weighted by Gasteiger charge is -2.04. The minimum Gasteiger partial charge on any atom is -0.478 e. The van der Waals surface area contributed by atoms with Crippen LogP contribution in [0, 0.1) is 0 Å². The van der Waals surface area contributed by atoms with Crippen LogP contribution in [0.2, 0.25) is 0 Å². The number of ether oxygens (including phenoxy) is 1. The van der Waals surface area contributed by atoms with Crippen molar-refractivity contribution in [1.82, 2.24) is 5.16 Å². The predicted octanol–water partition coefficient (Wildman–Crippen LogP) is 1.22. The predicted molar refractivity (Wildman–Crippen MR) is 41.4 cm³/mol. The van der Waals surface area contributed by atoms with Crippen LogP contribution in [0.3, 0.4) is 0 Å². The minimum absolute atomic E-state index is 0.104. The Labute approximate surface area is 74.3 Å². The molecule has 1 aromatic rings. The second-order valence-electron chi connectivity index (χ2n) is 2.92. The lowest BCUT2D eigenvalue weighted by Crippen LogP contribution is -2.04. The van der Waals surface area contributed by atoms with Gasteiger partial charge in [-0.15, -0.1) is 0 Å². The number of nitrogens with zero attached hydrogens (tertiary/aromatic N) is 1. The van der Waals surface area contributed by atoms with Gasteiger partial charge in [-0.2, -0.15) is 0 Å². The smallest absolute Gasteiger partial charge is 0.341 e. The van der Waals surface area contributed by atoms with E-state index >= 15 is 0 Å². The van der Waals surface area contributed by atoms with E-state index in [4.69, 9.17) is 9.84 Å². The second-order valence-corrected chi connectivity index (χ2v) is 2.92. The molecule has 1 N–H and O–H groups in total. The summed E-state index contributed by atoms with van der Waals surface area (Å²) in [5.74, 6) is -1.02. The van der Waals surface area contributed by atoms with Crippen LogP contribution in [-0.2, 0) is 4.74 Å². The number of carbonyl (C=O) groups is 1. The van der Waals surface area contributed by atoms with E-state index in [9.17, 15) is 4.79 Å². The SMILES string of the molecule is O=C(O)c1conc1C1CCCO1. The molecule has 1 saturated heterocycles. The maximum Gasteiger partial charge on any atom is 0.341 e. The van der Waals surface area contributed by atoms with Crippen LogP contribution in [0.5, 0.6) is 0 Å². The van der Waals surface area contributed by atoms with Crippen molar-refractivity contribution in [2.75, 3.05) is 6.61 Å². The van der Waals surface area contributed by atoms with Crippen molar-refractivity contribution in [3.63, 3.8) is 0 Å². The normalized spacial score (nSPS) is 22.0. The number of aromatic carboxylic acids is 1. The molecule has 1 fully saturated rings. The van der Waals surface area contributed by atoms with Crippen LogP contribution >= 0.6 is 0 Å². The molecule has 0 radical (unpaired) electrons. The van der Waals surface area contributed by atoms with E-state index < -0.39 is 5.97 Å². The summed E-state index contributed by atoms with van der Waals surface area (Å²) in [7, 11) is 0. The summed E-state index contributed by atoms with van der Waals surface area (Å²) >= 11 is 0. The molecular formula is C8H9NO4. The fourth-order valence-corrected chi connectivity index (χ4v) is 1.43. The van der Waals surface area contributed by atoms with Crippen molar-refractivity contribution < 1.29 is 19.2 Å². The fourth-order valence-electron chi connectivity index (χ4n) is 1.43. The molecular weight excluding hydrogens is 174 g/mol.